The third kappa shape index (κ3) is 1.77. The first-order valence-corrected chi connectivity index (χ1v) is 5.87. The minimum atomic E-state index is 0.733. The average molecular weight is 358 g/mol. The van der Waals surface area contributed by atoms with E-state index in [1.807, 2.05) is 30.3 Å². The van der Waals surface area contributed by atoms with Crippen LogP contribution in [-0.2, 0) is 0 Å². The van der Waals surface area contributed by atoms with Crippen molar-refractivity contribution in [2.24, 2.45) is 0 Å². The number of hydrogen-bond acceptors (Lipinski definition) is 1. The van der Waals surface area contributed by atoms with Crippen LogP contribution in [0.4, 0.5) is 0 Å². The maximum Gasteiger partial charge on any atom is 0.100 e. The molecule has 14 heavy (non-hydrogen) atoms. The van der Waals surface area contributed by atoms with Gasteiger partial charge in [0.2, 0.25) is 0 Å². The Kier molecular flexibility index (Phi) is 2.75. The highest BCUT2D eigenvalue weighted by molar-refractivity contribution is 14.1. The highest BCUT2D eigenvalue weighted by atomic mass is 127. The van der Waals surface area contributed by atoms with Crippen molar-refractivity contribution >= 4 is 49.3 Å². The standard InChI is InChI=1S/C11H5BrIN/c12-10-2-1-7-5-11(13)9(6-14)3-8(7)4-10/h1-5H. The lowest BCUT2D eigenvalue weighted by molar-refractivity contribution is 1.48. The molecule has 0 spiro atoms. The monoisotopic (exact) mass is 357 g/mol. The molecular weight excluding hydrogens is 353 g/mol. The molecule has 0 amide bonds. The van der Waals surface area contributed by atoms with Gasteiger partial charge in [-0.1, -0.05) is 22.0 Å². The fourth-order valence-corrected chi connectivity index (χ4v) is 2.32. The summed E-state index contributed by atoms with van der Waals surface area (Å²) in [5.74, 6) is 0. The van der Waals surface area contributed by atoms with Crippen LogP contribution in [0, 0.1) is 14.9 Å². The molecule has 0 N–H and O–H groups in total. The van der Waals surface area contributed by atoms with Gasteiger partial charge in [0.1, 0.15) is 6.07 Å². The zero-order valence-electron chi connectivity index (χ0n) is 7.09. The number of nitrogens with zero attached hydrogens (tertiary/aromatic N) is 1. The number of benzene rings is 2. The molecule has 0 saturated carbocycles. The van der Waals surface area contributed by atoms with E-state index in [1.165, 1.54) is 0 Å². The van der Waals surface area contributed by atoms with E-state index in [2.05, 4.69) is 44.6 Å². The van der Waals surface area contributed by atoms with Gasteiger partial charge in [-0.15, -0.1) is 0 Å². The number of hydrogen-bond donors (Lipinski definition) is 0. The highest BCUT2D eigenvalue weighted by Gasteiger charge is 2.01. The van der Waals surface area contributed by atoms with Gasteiger partial charge < -0.3 is 0 Å². The molecular formula is C11H5BrIN. The normalized spacial score (nSPS) is 10.1. The van der Waals surface area contributed by atoms with Crippen molar-refractivity contribution in [1.29, 1.82) is 5.26 Å². The Labute approximate surface area is 104 Å². The molecule has 0 aliphatic heterocycles. The molecule has 2 aromatic carbocycles. The maximum atomic E-state index is 8.88. The predicted octanol–water partition coefficient (Wildman–Crippen LogP) is 4.08. The van der Waals surface area contributed by atoms with E-state index in [9.17, 15) is 0 Å². The third-order valence-electron chi connectivity index (χ3n) is 2.01. The highest BCUT2D eigenvalue weighted by Crippen LogP contribution is 2.24. The van der Waals surface area contributed by atoms with E-state index in [4.69, 9.17) is 5.26 Å². The van der Waals surface area contributed by atoms with Crippen LogP contribution in [0.25, 0.3) is 10.8 Å². The number of rotatable bonds is 0. The first-order valence-electron chi connectivity index (χ1n) is 3.99. The van der Waals surface area contributed by atoms with Gasteiger partial charge in [-0.25, -0.2) is 0 Å². The molecule has 0 aliphatic carbocycles. The predicted molar refractivity (Wildman–Crippen MR) is 69.1 cm³/mol. The van der Waals surface area contributed by atoms with E-state index in [0.717, 1.165) is 24.4 Å². The summed E-state index contributed by atoms with van der Waals surface area (Å²) in [7, 11) is 0. The second-order valence-corrected chi connectivity index (χ2v) is 5.01. The zero-order chi connectivity index (χ0) is 10.1. The van der Waals surface area contributed by atoms with Crippen molar-refractivity contribution in [3.05, 3.63) is 43.9 Å². The largest absolute Gasteiger partial charge is 0.192 e. The molecule has 0 fully saturated rings. The van der Waals surface area contributed by atoms with Crippen LogP contribution < -0.4 is 0 Å². The molecule has 0 radical (unpaired) electrons. The van der Waals surface area contributed by atoms with Crippen LogP contribution in [0.3, 0.4) is 0 Å². The molecule has 1 nitrogen and oxygen atoms in total. The molecule has 0 aliphatic rings. The Bertz CT molecular complexity index is 543. The van der Waals surface area contributed by atoms with Crippen molar-refractivity contribution < 1.29 is 0 Å². The third-order valence-corrected chi connectivity index (χ3v) is 3.39. The van der Waals surface area contributed by atoms with Gasteiger partial charge in [0, 0.05) is 8.04 Å². The van der Waals surface area contributed by atoms with E-state index in [0.29, 0.717) is 0 Å². The van der Waals surface area contributed by atoms with Crippen LogP contribution in [0.5, 0.6) is 0 Å². The van der Waals surface area contributed by atoms with Crippen molar-refractivity contribution in [3.8, 4) is 6.07 Å². The van der Waals surface area contributed by atoms with Gasteiger partial charge in [-0.2, -0.15) is 5.26 Å². The van der Waals surface area contributed by atoms with E-state index in [1.54, 1.807) is 0 Å². The van der Waals surface area contributed by atoms with Crippen LogP contribution in [0.1, 0.15) is 5.56 Å². The first kappa shape index (κ1) is 9.94. The lowest BCUT2D eigenvalue weighted by atomic mass is 10.1. The Morgan fingerprint density at radius 1 is 1.14 bits per heavy atom. The summed E-state index contributed by atoms with van der Waals surface area (Å²) >= 11 is 5.60. The number of fused-ring (bicyclic) bond motifs is 1. The van der Waals surface area contributed by atoms with Crippen LogP contribution >= 0.6 is 38.5 Å². The number of halogens is 2. The summed E-state index contributed by atoms with van der Waals surface area (Å²) in [5, 5.41) is 11.1. The van der Waals surface area contributed by atoms with E-state index >= 15 is 0 Å². The van der Waals surface area contributed by atoms with E-state index in [-0.39, 0.29) is 0 Å². The minimum Gasteiger partial charge on any atom is -0.192 e. The average Bonchev–Trinajstić information content (AvgIpc) is 2.17. The molecule has 0 heterocycles. The second kappa shape index (κ2) is 3.87. The molecule has 0 bridgehead atoms. The molecule has 2 aromatic rings. The fraction of sp³-hybridized carbons (Fsp3) is 0. The minimum absolute atomic E-state index is 0.733. The van der Waals surface area contributed by atoms with Crippen molar-refractivity contribution in [2.75, 3.05) is 0 Å². The van der Waals surface area contributed by atoms with Gasteiger partial charge >= 0.3 is 0 Å². The Balaban J connectivity index is 2.82. The summed E-state index contributed by atoms with van der Waals surface area (Å²) in [6.45, 7) is 0. The molecule has 0 saturated heterocycles. The summed E-state index contributed by atoms with van der Waals surface area (Å²) in [6, 6.07) is 12.2. The van der Waals surface area contributed by atoms with Crippen molar-refractivity contribution in [1.82, 2.24) is 0 Å². The maximum absolute atomic E-state index is 8.88. The Morgan fingerprint density at radius 2 is 1.93 bits per heavy atom. The molecule has 3 heteroatoms. The van der Waals surface area contributed by atoms with Crippen molar-refractivity contribution in [3.63, 3.8) is 0 Å². The SMILES string of the molecule is N#Cc1cc2cc(Br)ccc2cc1I. The van der Waals surface area contributed by atoms with E-state index < -0.39 is 0 Å². The summed E-state index contributed by atoms with van der Waals surface area (Å²) in [4.78, 5) is 0. The van der Waals surface area contributed by atoms with Gasteiger partial charge in [0.15, 0.2) is 0 Å². The van der Waals surface area contributed by atoms with Crippen LogP contribution in [-0.4, -0.2) is 0 Å². The first-order chi connectivity index (χ1) is 6.70. The zero-order valence-corrected chi connectivity index (χ0v) is 10.8. The lowest BCUT2D eigenvalue weighted by Gasteiger charge is -2.01. The van der Waals surface area contributed by atoms with Gasteiger partial charge in [-0.3, -0.25) is 0 Å². The topological polar surface area (TPSA) is 23.8 Å². The van der Waals surface area contributed by atoms with Gasteiger partial charge in [0.25, 0.3) is 0 Å². The lowest BCUT2D eigenvalue weighted by Crippen LogP contribution is -1.82. The Morgan fingerprint density at radius 3 is 2.64 bits per heavy atom. The number of nitriles is 1. The van der Waals surface area contributed by atoms with Crippen LogP contribution in [0.15, 0.2) is 34.8 Å². The molecule has 2 rings (SSSR count). The quantitative estimate of drug-likeness (QED) is 0.652. The van der Waals surface area contributed by atoms with Gasteiger partial charge in [-0.05, 0) is 57.6 Å². The molecule has 0 atom stereocenters. The molecule has 0 aromatic heterocycles. The second-order valence-electron chi connectivity index (χ2n) is 2.94. The summed E-state index contributed by atoms with van der Waals surface area (Å²) in [6.07, 6.45) is 0. The molecule has 68 valence electrons. The van der Waals surface area contributed by atoms with Crippen molar-refractivity contribution in [2.45, 2.75) is 0 Å². The Hall–Kier alpha value is -0.600. The smallest absolute Gasteiger partial charge is 0.100 e. The fourth-order valence-electron chi connectivity index (χ4n) is 1.33. The van der Waals surface area contributed by atoms with Gasteiger partial charge in [0.05, 0.1) is 5.56 Å². The summed E-state index contributed by atoms with van der Waals surface area (Å²) < 4.78 is 2.04. The summed E-state index contributed by atoms with van der Waals surface area (Å²) in [5.41, 5.74) is 0.733. The molecule has 0 unspecified atom stereocenters. The van der Waals surface area contributed by atoms with Crippen LogP contribution in [0.2, 0.25) is 0 Å².